The number of imidazole rings is 1. The lowest BCUT2D eigenvalue weighted by Crippen LogP contribution is -2.67. The average molecular weight is 794 g/mol. The van der Waals surface area contributed by atoms with Gasteiger partial charge in [0.25, 0.3) is 0 Å². The summed E-state index contributed by atoms with van der Waals surface area (Å²) in [6.45, 7) is 11.4. The highest BCUT2D eigenvalue weighted by Crippen LogP contribution is 2.67. The Balaban J connectivity index is 1.09. The third-order valence-corrected chi connectivity index (χ3v) is 15.7. The summed E-state index contributed by atoms with van der Waals surface area (Å²) >= 11 is 1.80. The second kappa shape index (κ2) is 16.2. The highest BCUT2D eigenvalue weighted by atomic mass is 32.2. The molecular formula is C39H55N7O7SSi. The van der Waals surface area contributed by atoms with Crippen LogP contribution in [0, 0.1) is 23.7 Å². The van der Waals surface area contributed by atoms with Gasteiger partial charge >= 0.3 is 12.2 Å². The first-order chi connectivity index (χ1) is 26.1. The fraction of sp³-hybridized carbons (Fsp3) is 0.564. The van der Waals surface area contributed by atoms with Gasteiger partial charge in [0, 0.05) is 35.6 Å². The summed E-state index contributed by atoms with van der Waals surface area (Å²) in [5, 5.41) is 19.6. The van der Waals surface area contributed by atoms with Crippen LogP contribution in [0.5, 0.6) is 0 Å². The Kier molecular flexibility index (Phi) is 11.9. The van der Waals surface area contributed by atoms with Gasteiger partial charge in [0.15, 0.2) is 0 Å². The fourth-order valence-electron chi connectivity index (χ4n) is 7.73. The maximum atomic E-state index is 13.4. The van der Waals surface area contributed by atoms with Crippen molar-refractivity contribution in [1.29, 1.82) is 0 Å². The third-order valence-electron chi connectivity index (χ3n) is 12.1. The molecule has 0 aliphatic carbocycles. The number of aromatic amines is 1. The second-order valence-corrected chi connectivity index (χ2v) is 19.1. The number of hydrogen-bond donors (Lipinski definition) is 5. The zero-order valence-corrected chi connectivity index (χ0v) is 35.8. The molecule has 3 saturated heterocycles. The molecule has 14 nitrogen and oxygen atoms in total. The number of aliphatic hydroxyl groups excluding tert-OH is 1. The highest BCUT2D eigenvalue weighted by Gasteiger charge is 2.65. The molecule has 7 unspecified atom stereocenters. The average Bonchev–Trinajstić information content (AvgIpc) is 3.48. The van der Waals surface area contributed by atoms with Gasteiger partial charge in [0.05, 0.1) is 41.7 Å². The summed E-state index contributed by atoms with van der Waals surface area (Å²) in [4.78, 5) is 63.4. The predicted octanol–water partition coefficient (Wildman–Crippen LogP) is 3.79. The van der Waals surface area contributed by atoms with Crippen molar-refractivity contribution in [2.45, 2.75) is 81.4 Å². The number of alkyl carbamates (subject to hydrolysis) is 2. The van der Waals surface area contributed by atoms with Gasteiger partial charge in [-0.25, -0.2) is 14.6 Å². The molecule has 4 amide bonds. The molecule has 16 heteroatoms. The van der Waals surface area contributed by atoms with Crippen molar-refractivity contribution in [3.8, 4) is 11.1 Å². The predicted molar refractivity (Wildman–Crippen MR) is 216 cm³/mol. The van der Waals surface area contributed by atoms with Gasteiger partial charge in [-0.2, -0.15) is 0 Å². The van der Waals surface area contributed by atoms with E-state index >= 15 is 0 Å². The lowest BCUT2D eigenvalue weighted by Gasteiger charge is -2.45. The Morgan fingerprint density at radius 3 is 2.36 bits per heavy atom. The Morgan fingerprint density at radius 1 is 1.02 bits per heavy atom. The van der Waals surface area contributed by atoms with Crippen LogP contribution in [-0.4, -0.2) is 116 Å². The molecule has 3 fully saturated rings. The van der Waals surface area contributed by atoms with Gasteiger partial charge in [0.1, 0.15) is 22.8 Å². The van der Waals surface area contributed by atoms with Crippen LogP contribution < -0.4 is 16.0 Å². The SMILES string of the molecule is COC(=O)NC(C(=O)N1CCC(C(=O)Nc2ccc(-c3ccc4nc(C56CCCN(C(O)C([SiH3])(NC(=O)OC)C(C)C)C5S6)[nH]c4c3)cc2)C1)C(C)C(C)C. The molecule has 6 rings (SSSR count). The van der Waals surface area contributed by atoms with Crippen molar-refractivity contribution in [1.82, 2.24) is 30.4 Å². The normalized spacial score (nSPS) is 23.8. The number of aliphatic hydroxyl groups is 1. The number of H-pyrrole nitrogens is 1. The summed E-state index contributed by atoms with van der Waals surface area (Å²) in [5.74, 6) is 0.219. The highest BCUT2D eigenvalue weighted by molar-refractivity contribution is 8.08. The number of nitrogens with one attached hydrogen (secondary N) is 4. The molecule has 3 aliphatic heterocycles. The van der Waals surface area contributed by atoms with Crippen LogP contribution >= 0.6 is 11.8 Å². The van der Waals surface area contributed by atoms with E-state index in [0.29, 0.717) is 28.9 Å². The zero-order valence-electron chi connectivity index (χ0n) is 33.0. The molecule has 0 spiro atoms. The monoisotopic (exact) mass is 793 g/mol. The van der Waals surface area contributed by atoms with E-state index in [9.17, 15) is 24.3 Å². The van der Waals surface area contributed by atoms with Gasteiger partial charge in [0.2, 0.25) is 11.8 Å². The minimum Gasteiger partial charge on any atom is -0.453 e. The first-order valence-electron chi connectivity index (χ1n) is 19.1. The summed E-state index contributed by atoms with van der Waals surface area (Å²) in [6, 6.07) is 13.1. The van der Waals surface area contributed by atoms with E-state index in [0.717, 1.165) is 47.4 Å². The van der Waals surface area contributed by atoms with E-state index in [1.165, 1.54) is 14.2 Å². The molecule has 2 aromatic carbocycles. The van der Waals surface area contributed by atoms with E-state index in [-0.39, 0.29) is 52.2 Å². The van der Waals surface area contributed by atoms with Gasteiger partial charge < -0.3 is 40.4 Å². The summed E-state index contributed by atoms with van der Waals surface area (Å²) in [5.41, 5.74) is 4.43. The van der Waals surface area contributed by atoms with Crippen molar-refractivity contribution in [3.05, 3.63) is 48.3 Å². The molecule has 5 N–H and O–H groups in total. The third kappa shape index (κ3) is 8.09. The Morgan fingerprint density at radius 2 is 1.71 bits per heavy atom. The standard InChI is InChI=1S/C39H55N7O7SSi/c1-21(2)23(5)30(43-36(50)52-6)32(48)45-18-15-26(20-45)31(47)40-27-12-9-24(10-13-27)25-11-14-28-29(19-25)42-33(41-28)38-16-8-17-46(35(38)54-38)34(49)39(55,22(3)4)44-37(51)53-7/h9-14,19,21-23,26,30,34-35,49H,8,15-18,20H2,1-7,55H3,(H,40,47)(H,41,42)(H,43,50)(H,44,51). The number of benzene rings is 2. The van der Waals surface area contributed by atoms with Crippen molar-refractivity contribution in [2.75, 3.05) is 39.2 Å². The van der Waals surface area contributed by atoms with E-state index in [1.807, 2.05) is 71.0 Å². The van der Waals surface area contributed by atoms with Gasteiger partial charge in [-0.05, 0) is 72.4 Å². The molecule has 3 aliphatic rings. The molecule has 3 aromatic rings. The number of methoxy groups -OCH3 is 2. The van der Waals surface area contributed by atoms with Crippen LogP contribution in [0.3, 0.4) is 0 Å². The minimum absolute atomic E-state index is 0.00891. The number of nitrogens with zero attached hydrogens (tertiary/aromatic N) is 3. The van der Waals surface area contributed by atoms with E-state index < -0.39 is 29.6 Å². The molecule has 0 bridgehead atoms. The molecule has 0 radical (unpaired) electrons. The number of thioether (sulfide) groups is 1. The molecular weight excluding hydrogens is 739 g/mol. The number of piperidine rings is 1. The zero-order chi connectivity index (χ0) is 39.8. The molecule has 4 heterocycles. The molecule has 7 atom stereocenters. The molecule has 55 heavy (non-hydrogen) atoms. The summed E-state index contributed by atoms with van der Waals surface area (Å²) < 4.78 is 9.39. The van der Waals surface area contributed by atoms with E-state index in [1.54, 1.807) is 16.7 Å². The smallest absolute Gasteiger partial charge is 0.407 e. The lowest BCUT2D eigenvalue weighted by molar-refractivity contribution is -0.134. The largest absolute Gasteiger partial charge is 0.453 e. The maximum Gasteiger partial charge on any atom is 0.407 e. The number of fused-ring (bicyclic) bond motifs is 2. The second-order valence-electron chi connectivity index (χ2n) is 16.0. The van der Waals surface area contributed by atoms with Crippen LogP contribution in [0.1, 0.15) is 59.7 Å². The van der Waals surface area contributed by atoms with Crippen LogP contribution in [-0.2, 0) is 23.8 Å². The van der Waals surface area contributed by atoms with Crippen LogP contribution in [0.25, 0.3) is 22.2 Å². The van der Waals surface area contributed by atoms with Gasteiger partial charge in [-0.1, -0.05) is 52.8 Å². The number of anilines is 1. The summed E-state index contributed by atoms with van der Waals surface area (Å²) in [7, 11) is 3.15. The first kappa shape index (κ1) is 40.5. The molecule has 1 aromatic heterocycles. The number of rotatable bonds is 12. The number of carbonyl (C=O) groups excluding carboxylic acids is 4. The van der Waals surface area contributed by atoms with Crippen LogP contribution in [0.4, 0.5) is 15.3 Å². The van der Waals surface area contributed by atoms with Gasteiger partial charge in [-0.15, -0.1) is 11.8 Å². The van der Waals surface area contributed by atoms with Crippen molar-refractivity contribution in [3.63, 3.8) is 0 Å². The van der Waals surface area contributed by atoms with E-state index in [2.05, 4.69) is 31.9 Å². The van der Waals surface area contributed by atoms with Crippen molar-refractivity contribution >= 4 is 62.7 Å². The number of carbonyl (C=O) groups is 4. The Bertz CT molecular complexity index is 1910. The number of aromatic nitrogens is 2. The van der Waals surface area contributed by atoms with Crippen molar-refractivity contribution < 1.29 is 33.8 Å². The van der Waals surface area contributed by atoms with Crippen LogP contribution in [0.2, 0.25) is 0 Å². The minimum atomic E-state index is -0.855. The Hall–Kier alpha value is -4.12. The van der Waals surface area contributed by atoms with Crippen molar-refractivity contribution in [2.24, 2.45) is 23.7 Å². The summed E-state index contributed by atoms with van der Waals surface area (Å²) in [6.07, 6.45) is 0.319. The number of likely N-dealkylation sites (tertiary alicyclic amines) is 2. The Labute approximate surface area is 329 Å². The lowest BCUT2D eigenvalue weighted by atomic mass is 9.89. The van der Waals surface area contributed by atoms with E-state index in [4.69, 9.17) is 14.5 Å². The topological polar surface area (TPSA) is 178 Å². The maximum absolute atomic E-state index is 13.4. The quantitative estimate of drug-likeness (QED) is 0.134. The van der Waals surface area contributed by atoms with Gasteiger partial charge in [-0.3, -0.25) is 14.5 Å². The molecule has 298 valence electrons. The first-order valence-corrected chi connectivity index (χ1v) is 21.0. The number of hydrogen-bond acceptors (Lipinski definition) is 10. The molecule has 0 saturated carbocycles. The number of ether oxygens (including phenoxy) is 2. The van der Waals surface area contributed by atoms with Crippen LogP contribution in [0.15, 0.2) is 42.5 Å². The fourth-order valence-corrected chi connectivity index (χ4v) is 9.79. The number of amides is 4.